The lowest BCUT2D eigenvalue weighted by atomic mass is 10.2. The molecule has 1 amide bonds. The summed E-state index contributed by atoms with van der Waals surface area (Å²) in [6.07, 6.45) is 0.884. The highest BCUT2D eigenvalue weighted by Gasteiger charge is 2.28. The molecular formula is C20H27N5O4S. The summed E-state index contributed by atoms with van der Waals surface area (Å²) >= 11 is 0. The number of hydrogen-bond donors (Lipinski definition) is 1. The van der Waals surface area contributed by atoms with E-state index in [0.29, 0.717) is 32.1 Å². The van der Waals surface area contributed by atoms with Gasteiger partial charge >= 0.3 is 6.09 Å². The molecule has 0 bridgehead atoms. The lowest BCUT2D eigenvalue weighted by molar-refractivity contribution is 0.0240. The molecular weight excluding hydrogens is 406 g/mol. The highest BCUT2D eigenvalue weighted by Crippen LogP contribution is 2.26. The Balaban J connectivity index is 1.72. The van der Waals surface area contributed by atoms with Gasteiger partial charge in [0.15, 0.2) is 0 Å². The number of nitrogen functional groups attached to an aromatic ring is 1. The zero-order valence-electron chi connectivity index (χ0n) is 17.6. The number of carbonyl (C=O) groups excluding carboxylic acids is 1. The predicted octanol–water partition coefficient (Wildman–Crippen LogP) is 2.26. The molecule has 10 heteroatoms. The van der Waals surface area contributed by atoms with Crippen molar-refractivity contribution in [2.75, 3.05) is 36.8 Å². The molecule has 0 spiro atoms. The van der Waals surface area contributed by atoms with Gasteiger partial charge in [0.2, 0.25) is 15.8 Å². The van der Waals surface area contributed by atoms with E-state index in [1.165, 1.54) is 18.3 Å². The zero-order valence-corrected chi connectivity index (χ0v) is 18.4. The van der Waals surface area contributed by atoms with Crippen molar-refractivity contribution in [3.05, 3.63) is 36.0 Å². The fraction of sp³-hybridized carbons (Fsp3) is 0.450. The normalized spacial score (nSPS) is 15.2. The van der Waals surface area contributed by atoms with Crippen LogP contribution < -0.4 is 10.6 Å². The van der Waals surface area contributed by atoms with E-state index in [1.807, 2.05) is 32.6 Å². The van der Waals surface area contributed by atoms with Gasteiger partial charge < -0.3 is 20.3 Å². The average molecular weight is 434 g/mol. The number of ether oxygens (including phenoxy) is 1. The Morgan fingerprint density at radius 2 is 1.70 bits per heavy atom. The summed E-state index contributed by atoms with van der Waals surface area (Å²) in [4.78, 5) is 24.1. The van der Waals surface area contributed by atoms with Crippen LogP contribution in [-0.4, -0.2) is 61.2 Å². The third kappa shape index (κ3) is 4.81. The second-order valence-corrected chi connectivity index (χ2v) is 10.1. The van der Waals surface area contributed by atoms with Crippen molar-refractivity contribution in [2.24, 2.45) is 0 Å². The van der Waals surface area contributed by atoms with Gasteiger partial charge in [0.05, 0.1) is 11.1 Å². The first-order valence-corrected chi connectivity index (χ1v) is 11.1. The molecule has 0 saturated carbocycles. The first-order chi connectivity index (χ1) is 14.0. The number of nitrogens with zero attached hydrogens (tertiary/aromatic N) is 4. The summed E-state index contributed by atoms with van der Waals surface area (Å²) in [5, 5.41) is 0. The quantitative estimate of drug-likeness (QED) is 0.783. The van der Waals surface area contributed by atoms with Crippen molar-refractivity contribution in [1.29, 1.82) is 0 Å². The van der Waals surface area contributed by atoms with E-state index in [9.17, 15) is 13.2 Å². The van der Waals surface area contributed by atoms with Gasteiger partial charge in [0, 0.05) is 26.2 Å². The van der Waals surface area contributed by atoms with E-state index in [1.54, 1.807) is 17.0 Å². The third-order valence-electron chi connectivity index (χ3n) is 4.61. The fourth-order valence-electron chi connectivity index (χ4n) is 2.99. The highest BCUT2D eigenvalue weighted by atomic mass is 32.2. The van der Waals surface area contributed by atoms with Crippen LogP contribution in [0.15, 0.2) is 40.3 Å². The maximum absolute atomic E-state index is 12.9. The molecule has 1 aromatic carbocycles. The number of aromatic nitrogens is 2. The first-order valence-electron chi connectivity index (χ1n) is 9.64. The number of sulfone groups is 1. The molecule has 2 heterocycles. The number of anilines is 2. The molecule has 0 aliphatic carbocycles. The van der Waals surface area contributed by atoms with E-state index in [4.69, 9.17) is 10.5 Å². The molecule has 0 radical (unpaired) electrons. The maximum Gasteiger partial charge on any atom is 0.410 e. The monoisotopic (exact) mass is 433 g/mol. The number of hydrogen-bond acceptors (Lipinski definition) is 8. The zero-order chi connectivity index (χ0) is 22.1. The average Bonchev–Trinajstić information content (AvgIpc) is 2.67. The van der Waals surface area contributed by atoms with Crippen LogP contribution in [0.4, 0.5) is 16.6 Å². The van der Waals surface area contributed by atoms with Crippen molar-refractivity contribution in [3.8, 4) is 0 Å². The molecule has 1 aromatic heterocycles. The second kappa shape index (κ2) is 8.10. The Bertz CT molecular complexity index is 1020. The molecule has 30 heavy (non-hydrogen) atoms. The second-order valence-electron chi connectivity index (χ2n) is 8.19. The van der Waals surface area contributed by atoms with Gasteiger partial charge in [0.25, 0.3) is 0 Å². The molecule has 9 nitrogen and oxygen atoms in total. The Kier molecular flexibility index (Phi) is 5.89. The van der Waals surface area contributed by atoms with E-state index in [0.717, 1.165) is 5.56 Å². The van der Waals surface area contributed by atoms with E-state index < -0.39 is 15.4 Å². The summed E-state index contributed by atoms with van der Waals surface area (Å²) in [6, 6.07) is 6.52. The summed E-state index contributed by atoms with van der Waals surface area (Å²) in [7, 11) is -3.81. The van der Waals surface area contributed by atoms with Crippen LogP contribution in [0.1, 0.15) is 26.3 Å². The number of rotatable bonds is 3. The largest absolute Gasteiger partial charge is 0.444 e. The Morgan fingerprint density at radius 3 is 2.23 bits per heavy atom. The third-order valence-corrected chi connectivity index (χ3v) is 6.39. The molecule has 1 saturated heterocycles. The fourth-order valence-corrected chi connectivity index (χ4v) is 4.25. The minimum atomic E-state index is -3.81. The van der Waals surface area contributed by atoms with Gasteiger partial charge in [-0.3, -0.25) is 0 Å². The van der Waals surface area contributed by atoms with Gasteiger partial charge in [-0.25, -0.2) is 18.2 Å². The number of piperazine rings is 1. The Hall–Kier alpha value is -2.88. The molecule has 1 aliphatic heterocycles. The molecule has 0 atom stereocenters. The van der Waals surface area contributed by atoms with Gasteiger partial charge in [-0.05, 0) is 39.8 Å². The van der Waals surface area contributed by atoms with Crippen LogP contribution in [-0.2, 0) is 14.6 Å². The van der Waals surface area contributed by atoms with Gasteiger partial charge in [0.1, 0.15) is 16.3 Å². The van der Waals surface area contributed by atoms with Crippen molar-refractivity contribution >= 4 is 27.7 Å². The first kappa shape index (κ1) is 21.8. The number of benzene rings is 1. The molecule has 3 rings (SSSR count). The van der Waals surface area contributed by atoms with E-state index in [-0.39, 0.29) is 21.7 Å². The van der Waals surface area contributed by atoms with E-state index in [2.05, 4.69) is 9.97 Å². The van der Waals surface area contributed by atoms with Crippen LogP contribution in [0, 0.1) is 6.92 Å². The predicted molar refractivity (Wildman–Crippen MR) is 113 cm³/mol. The van der Waals surface area contributed by atoms with Crippen molar-refractivity contribution in [1.82, 2.24) is 14.9 Å². The van der Waals surface area contributed by atoms with E-state index >= 15 is 0 Å². The Morgan fingerprint density at radius 1 is 1.10 bits per heavy atom. The number of nitrogens with two attached hydrogens (primary N) is 1. The smallest absolute Gasteiger partial charge is 0.410 e. The standard InChI is InChI=1S/C20H27N5O4S/c1-14-5-7-15(8-6-14)30(27,28)16-13-22-18(23-17(16)21)24-9-11-25(12-10-24)19(26)29-20(2,3)4/h5-8,13H,9-12H2,1-4H3,(H2,21,22,23). The molecule has 1 fully saturated rings. The lowest BCUT2D eigenvalue weighted by Gasteiger charge is -2.35. The van der Waals surface area contributed by atoms with Crippen LogP contribution in [0.5, 0.6) is 0 Å². The summed E-state index contributed by atoms with van der Waals surface area (Å²) in [5.41, 5.74) is 6.39. The summed E-state index contributed by atoms with van der Waals surface area (Å²) < 4.78 is 31.1. The molecule has 162 valence electrons. The maximum atomic E-state index is 12.9. The molecule has 2 N–H and O–H groups in total. The Labute approximate surface area is 176 Å². The molecule has 2 aromatic rings. The highest BCUT2D eigenvalue weighted by molar-refractivity contribution is 7.91. The van der Waals surface area contributed by atoms with Crippen LogP contribution in [0.25, 0.3) is 0 Å². The summed E-state index contributed by atoms with van der Waals surface area (Å²) in [5.74, 6) is 0.231. The molecule has 0 unspecified atom stereocenters. The number of carbonyl (C=O) groups is 1. The minimum Gasteiger partial charge on any atom is -0.444 e. The SMILES string of the molecule is Cc1ccc(S(=O)(=O)c2cnc(N3CCN(C(=O)OC(C)(C)C)CC3)nc2N)cc1. The van der Waals surface area contributed by atoms with Crippen LogP contribution in [0.2, 0.25) is 0 Å². The van der Waals surface area contributed by atoms with Gasteiger partial charge in [-0.2, -0.15) is 4.98 Å². The minimum absolute atomic E-state index is 0.102. The van der Waals surface area contributed by atoms with Crippen LogP contribution >= 0.6 is 0 Å². The van der Waals surface area contributed by atoms with Crippen LogP contribution in [0.3, 0.4) is 0 Å². The van der Waals surface area contributed by atoms with Crippen molar-refractivity contribution in [2.45, 2.75) is 43.1 Å². The molecule has 1 aliphatic rings. The van der Waals surface area contributed by atoms with Gasteiger partial charge in [-0.1, -0.05) is 17.7 Å². The van der Waals surface area contributed by atoms with Crippen molar-refractivity contribution in [3.63, 3.8) is 0 Å². The topological polar surface area (TPSA) is 119 Å². The lowest BCUT2D eigenvalue weighted by Crippen LogP contribution is -2.50. The van der Waals surface area contributed by atoms with Crippen molar-refractivity contribution < 1.29 is 17.9 Å². The number of aryl methyl sites for hydroxylation is 1. The summed E-state index contributed by atoms with van der Waals surface area (Å²) in [6.45, 7) is 9.22. The van der Waals surface area contributed by atoms with Gasteiger partial charge in [-0.15, -0.1) is 0 Å². The number of amides is 1.